The van der Waals surface area contributed by atoms with E-state index in [1.165, 1.54) is 12.0 Å². The maximum Gasteiger partial charge on any atom is 0.207 e. The van der Waals surface area contributed by atoms with Gasteiger partial charge in [0.15, 0.2) is 0 Å². The summed E-state index contributed by atoms with van der Waals surface area (Å²) in [5, 5.41) is 2.66. The summed E-state index contributed by atoms with van der Waals surface area (Å²) in [6.07, 6.45) is 4.18. The predicted molar refractivity (Wildman–Crippen MR) is 48.9 cm³/mol. The van der Waals surface area contributed by atoms with Crippen LogP contribution in [-0.4, -0.2) is 37.5 Å². The summed E-state index contributed by atoms with van der Waals surface area (Å²) >= 11 is 0. The first-order valence-corrected chi connectivity index (χ1v) is 4.38. The van der Waals surface area contributed by atoms with Crippen molar-refractivity contribution in [1.29, 1.82) is 0 Å². The number of rotatable bonds is 4. The topological polar surface area (TPSA) is 32.3 Å². The van der Waals surface area contributed by atoms with Crippen LogP contribution in [0.25, 0.3) is 0 Å². The van der Waals surface area contributed by atoms with E-state index in [4.69, 9.17) is 0 Å². The van der Waals surface area contributed by atoms with Gasteiger partial charge in [0.05, 0.1) is 0 Å². The Morgan fingerprint density at radius 1 is 1.75 bits per heavy atom. The average molecular weight is 168 g/mol. The Kier molecular flexibility index (Phi) is 3.80. The molecule has 0 aromatic heterocycles. The molecule has 3 heteroatoms. The number of hydrogen-bond acceptors (Lipinski definition) is 2. The van der Waals surface area contributed by atoms with Gasteiger partial charge in [-0.2, -0.15) is 0 Å². The van der Waals surface area contributed by atoms with Crippen molar-refractivity contribution < 1.29 is 4.79 Å². The van der Waals surface area contributed by atoms with Crippen LogP contribution < -0.4 is 5.32 Å². The first kappa shape index (κ1) is 9.26. The fraction of sp³-hybridized carbons (Fsp3) is 0.667. The van der Waals surface area contributed by atoms with E-state index in [1.54, 1.807) is 0 Å². The molecule has 0 aromatic carbocycles. The molecular weight excluding hydrogens is 152 g/mol. The smallest absolute Gasteiger partial charge is 0.207 e. The average Bonchev–Trinajstić information content (AvgIpc) is 2.09. The van der Waals surface area contributed by atoms with E-state index >= 15 is 0 Å². The van der Waals surface area contributed by atoms with Crippen LogP contribution in [0.3, 0.4) is 0 Å². The Hall–Kier alpha value is -0.830. The Balaban J connectivity index is 2.14. The van der Waals surface area contributed by atoms with Crippen molar-refractivity contribution in [2.75, 3.05) is 26.2 Å². The number of carbonyl (C=O) groups excluding carboxylic acids is 1. The highest BCUT2D eigenvalue weighted by molar-refractivity contribution is 5.45. The normalized spacial score (nSPS) is 18.6. The zero-order chi connectivity index (χ0) is 8.81. The summed E-state index contributed by atoms with van der Waals surface area (Å²) in [5.41, 5.74) is 1.48. The van der Waals surface area contributed by atoms with Gasteiger partial charge in [-0.1, -0.05) is 11.6 Å². The zero-order valence-corrected chi connectivity index (χ0v) is 7.55. The van der Waals surface area contributed by atoms with Gasteiger partial charge in [-0.05, 0) is 13.3 Å². The van der Waals surface area contributed by atoms with Crippen molar-refractivity contribution in [2.24, 2.45) is 0 Å². The van der Waals surface area contributed by atoms with Crippen LogP contribution in [0, 0.1) is 0 Å². The number of hydrogen-bond donors (Lipinski definition) is 1. The van der Waals surface area contributed by atoms with Gasteiger partial charge in [0.2, 0.25) is 6.41 Å². The molecule has 0 saturated carbocycles. The van der Waals surface area contributed by atoms with Gasteiger partial charge in [-0.15, -0.1) is 0 Å². The van der Waals surface area contributed by atoms with Crippen LogP contribution in [0.2, 0.25) is 0 Å². The molecule has 0 aromatic rings. The molecule has 0 bridgehead atoms. The van der Waals surface area contributed by atoms with Crippen LogP contribution in [0.5, 0.6) is 0 Å². The number of nitrogens with one attached hydrogen (secondary N) is 1. The molecule has 0 atom stereocenters. The number of carbonyl (C=O) groups is 1. The van der Waals surface area contributed by atoms with E-state index < -0.39 is 0 Å². The Labute approximate surface area is 73.4 Å². The van der Waals surface area contributed by atoms with E-state index in [9.17, 15) is 4.79 Å². The van der Waals surface area contributed by atoms with Gasteiger partial charge in [-0.3, -0.25) is 9.69 Å². The lowest BCUT2D eigenvalue weighted by atomic mass is 10.1. The lowest BCUT2D eigenvalue weighted by Crippen LogP contribution is -2.34. The molecule has 1 heterocycles. The van der Waals surface area contributed by atoms with Crippen molar-refractivity contribution in [2.45, 2.75) is 13.3 Å². The standard InChI is InChI=1S/C9H16N2O/c1-9-2-5-11(6-3-9)7-4-10-8-12/h2,8H,3-7H2,1H3,(H,10,12). The highest BCUT2D eigenvalue weighted by atomic mass is 16.1. The van der Waals surface area contributed by atoms with Gasteiger partial charge < -0.3 is 5.32 Å². The number of nitrogens with zero attached hydrogens (tertiary/aromatic N) is 1. The molecule has 0 spiro atoms. The monoisotopic (exact) mass is 168 g/mol. The van der Waals surface area contributed by atoms with Crippen molar-refractivity contribution in [3.8, 4) is 0 Å². The summed E-state index contributed by atoms with van der Waals surface area (Å²) in [7, 11) is 0. The fourth-order valence-corrected chi connectivity index (χ4v) is 1.30. The van der Waals surface area contributed by atoms with Crippen molar-refractivity contribution in [3.63, 3.8) is 0 Å². The lowest BCUT2D eigenvalue weighted by Gasteiger charge is -2.24. The quantitative estimate of drug-likeness (QED) is 0.374. The van der Waals surface area contributed by atoms with Crippen LogP contribution in [-0.2, 0) is 4.79 Å². The molecule has 0 aliphatic carbocycles. The van der Waals surface area contributed by atoms with Crippen molar-refractivity contribution in [1.82, 2.24) is 10.2 Å². The molecule has 0 saturated heterocycles. The molecule has 1 N–H and O–H groups in total. The predicted octanol–water partition coefficient (Wildman–Crippen LogP) is 0.384. The van der Waals surface area contributed by atoms with Gasteiger partial charge in [-0.25, -0.2) is 0 Å². The molecule has 1 rings (SSSR count). The third kappa shape index (κ3) is 3.05. The largest absolute Gasteiger partial charge is 0.357 e. The second kappa shape index (κ2) is 4.93. The van der Waals surface area contributed by atoms with E-state index in [0.29, 0.717) is 0 Å². The zero-order valence-electron chi connectivity index (χ0n) is 7.55. The third-order valence-electron chi connectivity index (χ3n) is 2.18. The van der Waals surface area contributed by atoms with Gasteiger partial charge >= 0.3 is 0 Å². The van der Waals surface area contributed by atoms with Gasteiger partial charge in [0.25, 0.3) is 0 Å². The van der Waals surface area contributed by atoms with Crippen LogP contribution >= 0.6 is 0 Å². The minimum Gasteiger partial charge on any atom is -0.357 e. The lowest BCUT2D eigenvalue weighted by molar-refractivity contribution is -0.109. The van der Waals surface area contributed by atoms with Crippen LogP contribution in [0.4, 0.5) is 0 Å². The molecule has 0 unspecified atom stereocenters. The summed E-state index contributed by atoms with van der Waals surface area (Å²) in [5.74, 6) is 0. The molecule has 1 aliphatic heterocycles. The Morgan fingerprint density at radius 3 is 3.17 bits per heavy atom. The Morgan fingerprint density at radius 2 is 2.58 bits per heavy atom. The summed E-state index contributed by atoms with van der Waals surface area (Å²) < 4.78 is 0. The SMILES string of the molecule is CC1=CCN(CCNC=O)CC1. The second-order valence-electron chi connectivity index (χ2n) is 3.17. The Bertz CT molecular complexity index is 177. The second-order valence-corrected chi connectivity index (χ2v) is 3.17. The van der Waals surface area contributed by atoms with Crippen molar-refractivity contribution >= 4 is 6.41 Å². The summed E-state index contributed by atoms with van der Waals surface area (Å²) in [4.78, 5) is 12.3. The molecule has 3 nitrogen and oxygen atoms in total. The molecule has 12 heavy (non-hydrogen) atoms. The minimum absolute atomic E-state index is 0.755. The first-order chi connectivity index (χ1) is 5.83. The highest BCUT2D eigenvalue weighted by Gasteiger charge is 2.07. The first-order valence-electron chi connectivity index (χ1n) is 4.38. The van der Waals surface area contributed by atoms with Crippen molar-refractivity contribution in [3.05, 3.63) is 11.6 Å². The van der Waals surface area contributed by atoms with Gasteiger partial charge in [0, 0.05) is 26.2 Å². The van der Waals surface area contributed by atoms with Crippen LogP contribution in [0.1, 0.15) is 13.3 Å². The maximum atomic E-state index is 9.96. The molecule has 1 aliphatic rings. The van der Waals surface area contributed by atoms with Crippen LogP contribution in [0.15, 0.2) is 11.6 Å². The molecule has 68 valence electrons. The van der Waals surface area contributed by atoms with E-state index in [1.807, 2.05) is 0 Å². The maximum absolute atomic E-state index is 9.96. The number of amides is 1. The van der Waals surface area contributed by atoms with E-state index in [0.717, 1.165) is 32.6 Å². The molecule has 1 amide bonds. The molecule has 0 fully saturated rings. The van der Waals surface area contributed by atoms with Gasteiger partial charge in [0.1, 0.15) is 0 Å². The molecule has 0 radical (unpaired) electrons. The highest BCUT2D eigenvalue weighted by Crippen LogP contribution is 2.08. The minimum atomic E-state index is 0.755. The fourth-order valence-electron chi connectivity index (χ4n) is 1.30. The van der Waals surface area contributed by atoms with E-state index in [2.05, 4.69) is 23.2 Å². The summed E-state index contributed by atoms with van der Waals surface area (Å²) in [6, 6.07) is 0. The van der Waals surface area contributed by atoms with E-state index in [-0.39, 0.29) is 0 Å². The third-order valence-corrected chi connectivity index (χ3v) is 2.18. The molecular formula is C9H16N2O. The summed E-state index contributed by atoms with van der Waals surface area (Å²) in [6.45, 7) is 6.05.